The van der Waals surface area contributed by atoms with E-state index in [1.165, 1.54) is 0 Å². The van der Waals surface area contributed by atoms with Gasteiger partial charge in [0.1, 0.15) is 0 Å². The molecular formula is C9H18O2. The molecule has 0 N–H and O–H groups in total. The van der Waals surface area contributed by atoms with Crippen LogP contribution in [0.4, 0.5) is 0 Å². The van der Waals surface area contributed by atoms with Gasteiger partial charge in [-0.2, -0.15) is 0 Å². The van der Waals surface area contributed by atoms with Crippen molar-refractivity contribution in [2.45, 2.75) is 40.7 Å². The van der Waals surface area contributed by atoms with Gasteiger partial charge in [-0.15, -0.1) is 0 Å². The van der Waals surface area contributed by atoms with Gasteiger partial charge in [-0.25, -0.2) is 0 Å². The van der Waals surface area contributed by atoms with E-state index in [0.717, 1.165) is 0 Å². The first-order chi connectivity index (χ1) is 4.95. The molecule has 1 atom stereocenters. The van der Waals surface area contributed by atoms with Crippen LogP contribution in [0, 0.1) is 11.8 Å². The second kappa shape index (κ2) is 4.37. The Kier molecular flexibility index (Phi) is 4.16. The van der Waals surface area contributed by atoms with E-state index in [1.807, 2.05) is 34.6 Å². The van der Waals surface area contributed by atoms with Gasteiger partial charge in [-0.1, -0.05) is 20.8 Å². The fourth-order valence-electron chi connectivity index (χ4n) is 0.612. The number of carbonyl (C=O) groups excluding carboxylic acids is 1. The van der Waals surface area contributed by atoms with Crippen molar-refractivity contribution < 1.29 is 9.53 Å². The maximum Gasteiger partial charge on any atom is 0.309 e. The van der Waals surface area contributed by atoms with Crippen LogP contribution in [-0.2, 0) is 9.53 Å². The molecule has 0 fully saturated rings. The van der Waals surface area contributed by atoms with E-state index in [0.29, 0.717) is 5.92 Å². The molecule has 0 spiro atoms. The predicted octanol–water partition coefficient (Wildman–Crippen LogP) is 2.23. The molecule has 0 aromatic rings. The Labute approximate surface area is 68.9 Å². The number of ether oxygens (including phenoxy) is 1. The molecule has 0 aliphatic rings. The summed E-state index contributed by atoms with van der Waals surface area (Å²) in [5.41, 5.74) is 0. The van der Waals surface area contributed by atoms with Crippen molar-refractivity contribution in [1.29, 1.82) is 0 Å². The molecule has 0 radical (unpaired) electrons. The first-order valence-corrected chi connectivity index (χ1v) is 4.15. The second-order valence-corrected chi connectivity index (χ2v) is 3.52. The van der Waals surface area contributed by atoms with E-state index in [1.54, 1.807) is 0 Å². The van der Waals surface area contributed by atoms with E-state index in [-0.39, 0.29) is 18.0 Å². The maximum atomic E-state index is 11.2. The van der Waals surface area contributed by atoms with Crippen LogP contribution in [0.1, 0.15) is 34.6 Å². The highest BCUT2D eigenvalue weighted by molar-refractivity contribution is 5.72. The third-order valence-corrected chi connectivity index (χ3v) is 1.72. The number of carbonyl (C=O) groups is 1. The maximum absolute atomic E-state index is 11.2. The Bertz CT molecular complexity index is 128. The SMILES string of the molecule is CC(C)OC(=O)C(C)C(C)C. The van der Waals surface area contributed by atoms with Gasteiger partial charge in [0.15, 0.2) is 0 Å². The van der Waals surface area contributed by atoms with E-state index in [2.05, 4.69) is 0 Å². The molecule has 0 amide bonds. The van der Waals surface area contributed by atoms with E-state index in [9.17, 15) is 4.79 Å². The largest absolute Gasteiger partial charge is 0.463 e. The molecule has 2 nitrogen and oxygen atoms in total. The fourth-order valence-corrected chi connectivity index (χ4v) is 0.612. The lowest BCUT2D eigenvalue weighted by Crippen LogP contribution is -2.22. The number of hydrogen-bond donors (Lipinski definition) is 0. The Hall–Kier alpha value is -0.530. The molecule has 0 rings (SSSR count). The topological polar surface area (TPSA) is 26.3 Å². The van der Waals surface area contributed by atoms with Crippen molar-refractivity contribution in [1.82, 2.24) is 0 Å². The summed E-state index contributed by atoms with van der Waals surface area (Å²) in [4.78, 5) is 11.2. The second-order valence-electron chi connectivity index (χ2n) is 3.52. The lowest BCUT2D eigenvalue weighted by atomic mass is 9.98. The molecule has 0 aliphatic heterocycles. The van der Waals surface area contributed by atoms with Gasteiger partial charge in [-0.05, 0) is 19.8 Å². The summed E-state index contributed by atoms with van der Waals surface area (Å²) < 4.78 is 5.03. The van der Waals surface area contributed by atoms with Crippen LogP contribution in [0.3, 0.4) is 0 Å². The summed E-state index contributed by atoms with van der Waals surface area (Å²) in [6, 6.07) is 0. The van der Waals surface area contributed by atoms with Crippen molar-refractivity contribution in [3.63, 3.8) is 0 Å². The highest BCUT2D eigenvalue weighted by Crippen LogP contribution is 2.12. The zero-order valence-electron chi connectivity index (χ0n) is 8.05. The van der Waals surface area contributed by atoms with Crippen molar-refractivity contribution in [2.75, 3.05) is 0 Å². The van der Waals surface area contributed by atoms with Crippen LogP contribution in [0.15, 0.2) is 0 Å². The van der Waals surface area contributed by atoms with E-state index < -0.39 is 0 Å². The van der Waals surface area contributed by atoms with Crippen LogP contribution in [-0.4, -0.2) is 12.1 Å². The molecule has 0 bridgehead atoms. The molecule has 2 heteroatoms. The highest BCUT2D eigenvalue weighted by Gasteiger charge is 2.18. The molecule has 0 aromatic heterocycles. The Morgan fingerprint density at radius 1 is 1.09 bits per heavy atom. The van der Waals surface area contributed by atoms with Gasteiger partial charge >= 0.3 is 5.97 Å². The third-order valence-electron chi connectivity index (χ3n) is 1.72. The van der Waals surface area contributed by atoms with Crippen molar-refractivity contribution >= 4 is 5.97 Å². The molecule has 11 heavy (non-hydrogen) atoms. The molecule has 66 valence electrons. The minimum atomic E-state index is -0.0880. The molecular weight excluding hydrogens is 140 g/mol. The normalized spacial score (nSPS) is 13.7. The third kappa shape index (κ3) is 4.02. The standard InChI is InChI=1S/C9H18O2/c1-6(2)8(5)9(10)11-7(3)4/h6-8H,1-5H3. The van der Waals surface area contributed by atoms with Crippen molar-refractivity contribution in [3.8, 4) is 0 Å². The fraction of sp³-hybridized carbons (Fsp3) is 0.889. The van der Waals surface area contributed by atoms with Gasteiger partial charge in [0, 0.05) is 0 Å². The Morgan fingerprint density at radius 2 is 1.55 bits per heavy atom. The number of rotatable bonds is 3. The lowest BCUT2D eigenvalue weighted by molar-refractivity contribution is -0.153. The number of esters is 1. The van der Waals surface area contributed by atoms with Gasteiger partial charge in [0.25, 0.3) is 0 Å². The number of hydrogen-bond acceptors (Lipinski definition) is 2. The highest BCUT2D eigenvalue weighted by atomic mass is 16.5. The van der Waals surface area contributed by atoms with Crippen LogP contribution in [0.5, 0.6) is 0 Å². The summed E-state index contributed by atoms with van der Waals surface area (Å²) in [5, 5.41) is 0. The first-order valence-electron chi connectivity index (χ1n) is 4.15. The Balaban J connectivity index is 3.83. The molecule has 0 heterocycles. The summed E-state index contributed by atoms with van der Waals surface area (Å²) >= 11 is 0. The van der Waals surface area contributed by atoms with Crippen LogP contribution in [0.2, 0.25) is 0 Å². The summed E-state index contributed by atoms with van der Waals surface area (Å²) in [5.74, 6) is 0.286. The zero-order chi connectivity index (χ0) is 9.02. The van der Waals surface area contributed by atoms with Gasteiger partial charge in [0.2, 0.25) is 0 Å². The first kappa shape index (κ1) is 10.5. The van der Waals surface area contributed by atoms with Gasteiger partial charge in [0.05, 0.1) is 12.0 Å². The smallest absolute Gasteiger partial charge is 0.309 e. The predicted molar refractivity (Wildman–Crippen MR) is 45.2 cm³/mol. The zero-order valence-corrected chi connectivity index (χ0v) is 8.05. The molecule has 0 saturated carbocycles. The van der Waals surface area contributed by atoms with E-state index >= 15 is 0 Å². The van der Waals surface area contributed by atoms with Crippen LogP contribution in [0.25, 0.3) is 0 Å². The molecule has 0 aromatic carbocycles. The average molecular weight is 158 g/mol. The van der Waals surface area contributed by atoms with Crippen molar-refractivity contribution in [2.24, 2.45) is 11.8 Å². The van der Waals surface area contributed by atoms with Crippen LogP contribution < -0.4 is 0 Å². The van der Waals surface area contributed by atoms with Gasteiger partial charge < -0.3 is 4.74 Å². The average Bonchev–Trinajstić information content (AvgIpc) is 1.84. The molecule has 1 unspecified atom stereocenters. The molecule has 0 saturated heterocycles. The summed E-state index contributed by atoms with van der Waals surface area (Å²) in [6.07, 6.45) is 0.00343. The Morgan fingerprint density at radius 3 is 1.82 bits per heavy atom. The van der Waals surface area contributed by atoms with Crippen molar-refractivity contribution in [3.05, 3.63) is 0 Å². The van der Waals surface area contributed by atoms with Crippen LogP contribution >= 0.6 is 0 Å². The lowest BCUT2D eigenvalue weighted by Gasteiger charge is -2.16. The molecule has 0 aliphatic carbocycles. The summed E-state index contributed by atoms with van der Waals surface area (Å²) in [6.45, 7) is 9.67. The van der Waals surface area contributed by atoms with E-state index in [4.69, 9.17) is 4.74 Å². The minimum Gasteiger partial charge on any atom is -0.463 e. The van der Waals surface area contributed by atoms with Gasteiger partial charge in [-0.3, -0.25) is 4.79 Å². The minimum absolute atomic E-state index is 0.00343. The summed E-state index contributed by atoms with van der Waals surface area (Å²) in [7, 11) is 0. The monoisotopic (exact) mass is 158 g/mol. The quantitative estimate of drug-likeness (QED) is 0.589.